The summed E-state index contributed by atoms with van der Waals surface area (Å²) in [6.45, 7) is 0. The first-order valence-electron chi connectivity index (χ1n) is 7.11. The maximum atomic E-state index is 12.1. The van der Waals surface area contributed by atoms with Crippen molar-refractivity contribution in [3.05, 3.63) is 69.7 Å². The average molecular weight is 356 g/mol. The van der Waals surface area contributed by atoms with Gasteiger partial charge in [-0.3, -0.25) is 0 Å². The summed E-state index contributed by atoms with van der Waals surface area (Å²) in [6.07, 6.45) is 1.49. The van der Waals surface area contributed by atoms with Crippen molar-refractivity contribution in [3.8, 4) is 5.75 Å². The molecule has 118 valence electrons. The van der Waals surface area contributed by atoms with Crippen LogP contribution in [0.1, 0.15) is 10.4 Å². The van der Waals surface area contributed by atoms with Crippen LogP contribution in [0.15, 0.2) is 59.2 Å². The number of phenols is 1. The lowest BCUT2D eigenvalue weighted by atomic mass is 10.1. The Morgan fingerprint density at radius 3 is 2.67 bits per heavy atom. The minimum Gasteiger partial charge on any atom is -0.507 e. The minimum atomic E-state index is -0.568. The molecule has 24 heavy (non-hydrogen) atoms. The Morgan fingerprint density at radius 1 is 1.12 bits per heavy atom. The molecular weight excluding hydrogens is 346 g/mol. The third-order valence-corrected chi connectivity index (χ3v) is 5.24. The van der Waals surface area contributed by atoms with E-state index in [1.54, 1.807) is 24.3 Å². The summed E-state index contributed by atoms with van der Waals surface area (Å²) in [7, 11) is 0. The van der Waals surface area contributed by atoms with Gasteiger partial charge in [-0.25, -0.2) is 9.79 Å². The molecule has 6 heteroatoms. The van der Waals surface area contributed by atoms with Gasteiger partial charge in [-0.05, 0) is 18.2 Å². The molecule has 0 fully saturated rings. The van der Waals surface area contributed by atoms with Crippen LogP contribution in [0.4, 0.5) is 0 Å². The second-order valence-electron chi connectivity index (χ2n) is 5.14. The summed E-state index contributed by atoms with van der Waals surface area (Å²) in [4.78, 5) is 16.9. The van der Waals surface area contributed by atoms with Crippen LogP contribution in [0, 0.1) is 0 Å². The predicted octanol–water partition coefficient (Wildman–Crippen LogP) is 4.60. The molecule has 1 aliphatic heterocycles. The van der Waals surface area contributed by atoms with Gasteiger partial charge in [0.1, 0.15) is 10.6 Å². The van der Waals surface area contributed by atoms with Gasteiger partial charge in [0.2, 0.25) is 5.90 Å². The number of thiophene rings is 1. The maximum absolute atomic E-state index is 12.1. The largest absolute Gasteiger partial charge is 0.507 e. The molecule has 0 aliphatic carbocycles. The van der Waals surface area contributed by atoms with Crippen LogP contribution in [0.25, 0.3) is 16.2 Å². The van der Waals surface area contributed by atoms with Crippen molar-refractivity contribution in [3.63, 3.8) is 0 Å². The number of hydrogen-bond donors (Lipinski definition) is 1. The van der Waals surface area contributed by atoms with Crippen LogP contribution >= 0.6 is 22.9 Å². The smallest absolute Gasteiger partial charge is 0.363 e. The van der Waals surface area contributed by atoms with Crippen molar-refractivity contribution in [1.29, 1.82) is 0 Å². The van der Waals surface area contributed by atoms with E-state index in [0.29, 0.717) is 15.5 Å². The van der Waals surface area contributed by atoms with Crippen LogP contribution in [0.5, 0.6) is 5.75 Å². The molecule has 1 N–H and O–H groups in total. The highest BCUT2D eigenvalue weighted by Crippen LogP contribution is 2.37. The Labute approximate surface area is 146 Å². The molecule has 0 bridgehead atoms. The van der Waals surface area contributed by atoms with Crippen LogP contribution in [0.3, 0.4) is 0 Å². The van der Waals surface area contributed by atoms with Gasteiger partial charge in [-0.15, -0.1) is 11.3 Å². The standard InChI is InChI=1S/C18H10ClNO3S/c19-15-11-6-2-4-8-14(11)24-16(15)17-20-12(18(22)23-17)9-10-5-1-3-7-13(10)21/h1-9,21H/b12-9+. The zero-order chi connectivity index (χ0) is 16.7. The van der Waals surface area contributed by atoms with E-state index >= 15 is 0 Å². The summed E-state index contributed by atoms with van der Waals surface area (Å²) >= 11 is 7.81. The SMILES string of the molecule is O=C1OC(c2sc3ccccc3c2Cl)=N/C1=C/c1ccccc1O. The number of nitrogens with zero attached hydrogens (tertiary/aromatic N) is 1. The summed E-state index contributed by atoms with van der Waals surface area (Å²) in [5, 5.41) is 11.2. The van der Waals surface area contributed by atoms with E-state index in [9.17, 15) is 9.90 Å². The molecule has 0 saturated heterocycles. The number of aromatic hydroxyl groups is 1. The fraction of sp³-hybridized carbons (Fsp3) is 0. The molecule has 0 amide bonds. The lowest BCUT2D eigenvalue weighted by Gasteiger charge is -1.97. The lowest BCUT2D eigenvalue weighted by molar-refractivity contribution is -0.129. The number of rotatable bonds is 2. The van der Waals surface area contributed by atoms with Crippen molar-refractivity contribution in [2.75, 3.05) is 0 Å². The number of aliphatic imine (C=N–C) groups is 1. The van der Waals surface area contributed by atoms with Gasteiger partial charge in [0.25, 0.3) is 0 Å². The highest BCUT2D eigenvalue weighted by molar-refractivity contribution is 7.21. The van der Waals surface area contributed by atoms with Gasteiger partial charge < -0.3 is 9.84 Å². The molecule has 0 radical (unpaired) electrons. The molecule has 2 aromatic carbocycles. The Hall–Kier alpha value is -2.63. The van der Waals surface area contributed by atoms with Crippen molar-refractivity contribution < 1.29 is 14.6 Å². The minimum absolute atomic E-state index is 0.0707. The van der Waals surface area contributed by atoms with Crippen molar-refractivity contribution in [2.45, 2.75) is 0 Å². The predicted molar refractivity (Wildman–Crippen MR) is 95.5 cm³/mol. The topological polar surface area (TPSA) is 58.9 Å². The van der Waals surface area contributed by atoms with E-state index in [1.165, 1.54) is 17.4 Å². The first-order chi connectivity index (χ1) is 11.6. The number of hydrogen-bond acceptors (Lipinski definition) is 5. The number of esters is 1. The summed E-state index contributed by atoms with van der Waals surface area (Å²) in [5.41, 5.74) is 0.622. The Bertz CT molecular complexity index is 1040. The first-order valence-corrected chi connectivity index (χ1v) is 8.31. The monoisotopic (exact) mass is 355 g/mol. The van der Waals surface area contributed by atoms with E-state index in [0.717, 1.165) is 10.1 Å². The summed E-state index contributed by atoms with van der Waals surface area (Å²) < 4.78 is 6.26. The van der Waals surface area contributed by atoms with Gasteiger partial charge in [0.15, 0.2) is 5.70 Å². The number of para-hydroxylation sites is 1. The molecule has 0 atom stereocenters. The fourth-order valence-corrected chi connectivity index (χ4v) is 3.85. The molecule has 0 unspecified atom stereocenters. The van der Waals surface area contributed by atoms with E-state index in [-0.39, 0.29) is 17.3 Å². The van der Waals surface area contributed by atoms with Crippen molar-refractivity contribution >= 4 is 51.0 Å². The number of fused-ring (bicyclic) bond motifs is 1. The second kappa shape index (κ2) is 5.78. The Morgan fingerprint density at radius 2 is 1.88 bits per heavy atom. The molecule has 0 saturated carbocycles. The molecule has 4 rings (SSSR count). The zero-order valence-corrected chi connectivity index (χ0v) is 13.8. The van der Waals surface area contributed by atoms with Gasteiger partial charge in [0.05, 0.1) is 5.02 Å². The number of carbonyl (C=O) groups excluding carboxylic acids is 1. The van der Waals surface area contributed by atoms with Crippen LogP contribution in [-0.2, 0) is 9.53 Å². The normalized spacial score (nSPS) is 15.8. The van der Waals surface area contributed by atoms with Gasteiger partial charge >= 0.3 is 5.97 Å². The quantitative estimate of drug-likeness (QED) is 0.539. The average Bonchev–Trinajstić information content (AvgIpc) is 3.11. The summed E-state index contributed by atoms with van der Waals surface area (Å²) in [5.74, 6) is -0.309. The number of halogens is 1. The zero-order valence-electron chi connectivity index (χ0n) is 12.2. The molecule has 4 nitrogen and oxygen atoms in total. The van der Waals surface area contributed by atoms with Gasteiger partial charge in [-0.2, -0.15) is 0 Å². The van der Waals surface area contributed by atoms with Gasteiger partial charge in [-0.1, -0.05) is 48.0 Å². The second-order valence-corrected chi connectivity index (χ2v) is 6.57. The number of phenolic OH excluding ortho intramolecular Hbond substituents is 1. The Balaban J connectivity index is 1.78. The summed E-state index contributed by atoms with van der Waals surface area (Å²) in [6, 6.07) is 14.4. The van der Waals surface area contributed by atoms with E-state index in [1.807, 2.05) is 24.3 Å². The molecule has 0 spiro atoms. The number of benzene rings is 2. The van der Waals surface area contributed by atoms with Crippen molar-refractivity contribution in [1.82, 2.24) is 0 Å². The number of ether oxygens (including phenoxy) is 1. The van der Waals surface area contributed by atoms with Crippen LogP contribution in [-0.4, -0.2) is 17.0 Å². The fourth-order valence-electron chi connectivity index (χ4n) is 2.41. The highest BCUT2D eigenvalue weighted by Gasteiger charge is 2.28. The molecule has 3 aromatic rings. The number of carbonyl (C=O) groups is 1. The number of cyclic esters (lactones) is 1. The highest BCUT2D eigenvalue weighted by atomic mass is 35.5. The third-order valence-electron chi connectivity index (χ3n) is 3.58. The van der Waals surface area contributed by atoms with Crippen LogP contribution < -0.4 is 0 Å². The maximum Gasteiger partial charge on any atom is 0.363 e. The van der Waals surface area contributed by atoms with E-state index in [2.05, 4.69) is 4.99 Å². The van der Waals surface area contributed by atoms with Gasteiger partial charge in [0, 0.05) is 15.6 Å². The molecule has 2 heterocycles. The van der Waals surface area contributed by atoms with E-state index in [4.69, 9.17) is 16.3 Å². The van der Waals surface area contributed by atoms with E-state index < -0.39 is 5.97 Å². The molecular formula is C18H10ClNO3S. The Kier molecular flexibility index (Phi) is 3.59. The third kappa shape index (κ3) is 2.48. The van der Waals surface area contributed by atoms with Crippen molar-refractivity contribution in [2.24, 2.45) is 4.99 Å². The molecule has 1 aromatic heterocycles. The first kappa shape index (κ1) is 14.9. The van der Waals surface area contributed by atoms with Crippen LogP contribution in [0.2, 0.25) is 5.02 Å². The molecule has 1 aliphatic rings. The lowest BCUT2D eigenvalue weighted by Crippen LogP contribution is -2.04.